The molecular weight excluding hydrogens is 272 g/mol. The molecule has 0 saturated carbocycles. The lowest BCUT2D eigenvalue weighted by Gasteiger charge is -2.15. The minimum absolute atomic E-state index is 0.0462. The van der Waals surface area contributed by atoms with Gasteiger partial charge in [-0.1, -0.05) is 32.9 Å². The predicted molar refractivity (Wildman–Crippen MR) is 82.2 cm³/mol. The van der Waals surface area contributed by atoms with Crippen LogP contribution in [0, 0.1) is 5.92 Å². The Balaban J connectivity index is 2.63. The number of rotatable bonds is 7. The van der Waals surface area contributed by atoms with E-state index in [1.54, 1.807) is 19.1 Å². The maximum atomic E-state index is 12.0. The summed E-state index contributed by atoms with van der Waals surface area (Å²) in [6, 6.07) is 7.33. The van der Waals surface area contributed by atoms with Crippen molar-refractivity contribution in [2.75, 3.05) is 6.61 Å². The van der Waals surface area contributed by atoms with Gasteiger partial charge in [0.1, 0.15) is 5.25 Å². The fourth-order valence-electron chi connectivity index (χ4n) is 1.57. The summed E-state index contributed by atoms with van der Waals surface area (Å²) in [6.45, 7) is 8.00. The second-order valence-corrected chi connectivity index (χ2v) is 6.40. The second kappa shape index (κ2) is 8.10. The lowest BCUT2D eigenvalue weighted by atomic mass is 10.2. The first-order valence-corrected chi connectivity index (χ1v) is 7.76. The molecule has 110 valence electrons. The van der Waals surface area contributed by atoms with Gasteiger partial charge in [-0.3, -0.25) is 9.59 Å². The summed E-state index contributed by atoms with van der Waals surface area (Å²) < 4.78 is 5.28. The van der Waals surface area contributed by atoms with E-state index in [0.29, 0.717) is 18.1 Å². The number of ether oxygens (including phenoxy) is 1. The average molecular weight is 294 g/mol. The molecule has 0 N–H and O–H groups in total. The molecule has 4 heteroatoms. The number of thioether (sulfide) groups is 1. The summed E-state index contributed by atoms with van der Waals surface area (Å²) in [6.07, 6.45) is 0.718. The van der Waals surface area contributed by atoms with Crippen LogP contribution >= 0.6 is 11.8 Å². The fraction of sp³-hybridized carbons (Fsp3) is 0.500. The van der Waals surface area contributed by atoms with E-state index in [4.69, 9.17) is 4.74 Å². The van der Waals surface area contributed by atoms with Crippen LogP contribution in [0.4, 0.5) is 0 Å². The number of carbonyl (C=O) groups excluding carboxylic acids is 2. The molecule has 1 aromatic carbocycles. The van der Waals surface area contributed by atoms with E-state index in [9.17, 15) is 9.59 Å². The van der Waals surface area contributed by atoms with Crippen LogP contribution in [0.15, 0.2) is 29.2 Å². The van der Waals surface area contributed by atoms with Crippen molar-refractivity contribution in [3.8, 4) is 0 Å². The van der Waals surface area contributed by atoms with Gasteiger partial charge in [-0.15, -0.1) is 11.8 Å². The lowest BCUT2D eigenvalue weighted by molar-refractivity contribution is -0.144. The molecule has 1 rings (SSSR count). The van der Waals surface area contributed by atoms with Crippen LogP contribution in [-0.2, 0) is 9.53 Å². The largest absolute Gasteiger partial charge is 0.465 e. The van der Waals surface area contributed by atoms with Crippen molar-refractivity contribution in [3.05, 3.63) is 29.8 Å². The van der Waals surface area contributed by atoms with Gasteiger partial charge in [0.25, 0.3) is 0 Å². The fourth-order valence-corrected chi connectivity index (χ4v) is 2.53. The van der Waals surface area contributed by atoms with Gasteiger partial charge in [-0.25, -0.2) is 0 Å². The monoisotopic (exact) mass is 294 g/mol. The Labute approximate surface area is 125 Å². The van der Waals surface area contributed by atoms with Gasteiger partial charge in [-0.2, -0.15) is 0 Å². The molecule has 0 saturated heterocycles. The molecule has 3 nitrogen and oxygen atoms in total. The molecule has 0 aromatic heterocycles. The molecule has 1 unspecified atom stereocenters. The van der Waals surface area contributed by atoms with Crippen LogP contribution in [0.5, 0.6) is 0 Å². The molecule has 0 aliphatic heterocycles. The quantitative estimate of drug-likeness (QED) is 0.434. The number of ketones is 1. The van der Waals surface area contributed by atoms with Crippen molar-refractivity contribution in [2.24, 2.45) is 5.92 Å². The highest BCUT2D eigenvalue weighted by molar-refractivity contribution is 8.00. The number of benzene rings is 1. The zero-order valence-electron chi connectivity index (χ0n) is 12.5. The van der Waals surface area contributed by atoms with Crippen molar-refractivity contribution < 1.29 is 14.3 Å². The van der Waals surface area contributed by atoms with Crippen molar-refractivity contribution in [3.63, 3.8) is 0 Å². The highest BCUT2D eigenvalue weighted by Crippen LogP contribution is 2.26. The van der Waals surface area contributed by atoms with Crippen LogP contribution in [0.2, 0.25) is 0 Å². The Morgan fingerprint density at radius 3 is 2.25 bits per heavy atom. The Morgan fingerprint density at radius 1 is 1.20 bits per heavy atom. The Morgan fingerprint density at radius 2 is 1.80 bits per heavy atom. The molecule has 0 aliphatic carbocycles. The first-order chi connectivity index (χ1) is 9.43. The van der Waals surface area contributed by atoms with E-state index in [2.05, 4.69) is 0 Å². The topological polar surface area (TPSA) is 43.4 Å². The van der Waals surface area contributed by atoms with Gasteiger partial charge in [-0.05, 0) is 31.4 Å². The molecule has 0 aliphatic rings. The van der Waals surface area contributed by atoms with E-state index in [1.807, 2.05) is 32.9 Å². The highest BCUT2D eigenvalue weighted by Gasteiger charge is 2.19. The van der Waals surface area contributed by atoms with Gasteiger partial charge >= 0.3 is 5.97 Å². The summed E-state index contributed by atoms with van der Waals surface area (Å²) in [5, 5.41) is -0.197. The van der Waals surface area contributed by atoms with E-state index in [-0.39, 0.29) is 17.0 Å². The minimum atomic E-state index is -0.197. The van der Waals surface area contributed by atoms with Gasteiger partial charge in [0.05, 0.1) is 6.61 Å². The minimum Gasteiger partial charge on any atom is -0.465 e. The van der Waals surface area contributed by atoms with Crippen LogP contribution in [0.25, 0.3) is 0 Å². The molecule has 0 spiro atoms. The molecule has 0 heterocycles. The lowest BCUT2D eigenvalue weighted by Crippen LogP contribution is -2.21. The molecule has 0 radical (unpaired) electrons. The first-order valence-electron chi connectivity index (χ1n) is 6.88. The van der Waals surface area contributed by atoms with Crippen LogP contribution in [0.3, 0.4) is 0 Å². The summed E-state index contributed by atoms with van der Waals surface area (Å²) >= 11 is 1.48. The number of hydrogen-bond acceptors (Lipinski definition) is 4. The Kier molecular flexibility index (Phi) is 6.79. The maximum absolute atomic E-state index is 12.0. The highest BCUT2D eigenvalue weighted by atomic mass is 32.2. The molecule has 0 amide bonds. The summed E-state index contributed by atoms with van der Waals surface area (Å²) in [5.74, 6) is 0.225. The Bertz CT molecular complexity index is 451. The molecule has 0 bridgehead atoms. The summed E-state index contributed by atoms with van der Waals surface area (Å²) in [5.41, 5.74) is 0.685. The van der Waals surface area contributed by atoms with Crippen molar-refractivity contribution >= 4 is 23.5 Å². The first kappa shape index (κ1) is 16.8. The van der Waals surface area contributed by atoms with E-state index in [0.717, 1.165) is 11.3 Å². The standard InChI is InChI=1S/C16H22O3S/c1-5-15(16(18)19-10-11(2)3)20-14-8-6-13(7-9-14)12(4)17/h6-9,11,15H,5,10H2,1-4H3. The zero-order valence-corrected chi connectivity index (χ0v) is 13.3. The molecule has 1 atom stereocenters. The third kappa shape index (κ3) is 5.37. The summed E-state index contributed by atoms with van der Waals surface area (Å²) in [4.78, 5) is 24.1. The molecule has 20 heavy (non-hydrogen) atoms. The molecule has 0 fully saturated rings. The van der Waals surface area contributed by atoms with Gasteiger partial charge in [0.2, 0.25) is 0 Å². The van der Waals surface area contributed by atoms with Crippen molar-refractivity contribution in [1.29, 1.82) is 0 Å². The molecule has 1 aromatic rings. The average Bonchev–Trinajstić information content (AvgIpc) is 2.42. The van der Waals surface area contributed by atoms with Crippen molar-refractivity contribution in [1.82, 2.24) is 0 Å². The van der Waals surface area contributed by atoms with E-state index >= 15 is 0 Å². The third-order valence-electron chi connectivity index (χ3n) is 2.73. The maximum Gasteiger partial charge on any atom is 0.319 e. The van der Waals surface area contributed by atoms with Gasteiger partial charge in [0.15, 0.2) is 5.78 Å². The number of carbonyl (C=O) groups is 2. The normalized spacial score (nSPS) is 12.2. The van der Waals surface area contributed by atoms with E-state index < -0.39 is 0 Å². The third-order valence-corrected chi connectivity index (χ3v) is 4.09. The van der Waals surface area contributed by atoms with Crippen LogP contribution in [-0.4, -0.2) is 23.6 Å². The molecular formula is C16H22O3S. The predicted octanol–water partition coefficient (Wildman–Crippen LogP) is 3.96. The smallest absolute Gasteiger partial charge is 0.319 e. The number of Topliss-reactive ketones (excluding diaryl/α,β-unsaturated/α-hetero) is 1. The summed E-state index contributed by atoms with van der Waals surface area (Å²) in [7, 11) is 0. The number of hydrogen-bond donors (Lipinski definition) is 0. The number of esters is 1. The SMILES string of the molecule is CCC(Sc1ccc(C(C)=O)cc1)C(=O)OCC(C)C. The van der Waals surface area contributed by atoms with Crippen molar-refractivity contribution in [2.45, 2.75) is 44.3 Å². The zero-order chi connectivity index (χ0) is 15.1. The Hall–Kier alpha value is -1.29. The van der Waals surface area contributed by atoms with Gasteiger partial charge in [0, 0.05) is 10.5 Å². The second-order valence-electron chi connectivity index (χ2n) is 5.12. The van der Waals surface area contributed by atoms with Crippen LogP contribution in [0.1, 0.15) is 44.5 Å². The van der Waals surface area contributed by atoms with Crippen LogP contribution < -0.4 is 0 Å². The van der Waals surface area contributed by atoms with E-state index in [1.165, 1.54) is 11.8 Å². The van der Waals surface area contributed by atoms with Gasteiger partial charge < -0.3 is 4.74 Å².